The fourth-order valence-corrected chi connectivity index (χ4v) is 3.36. The van der Waals surface area contributed by atoms with Gasteiger partial charge >= 0.3 is 5.97 Å². The highest BCUT2D eigenvalue weighted by Gasteiger charge is 2.18. The van der Waals surface area contributed by atoms with Crippen LogP contribution in [-0.4, -0.2) is 23.2 Å². The molecule has 4 aromatic rings. The number of pyridine rings is 1. The zero-order chi connectivity index (χ0) is 18.4. The smallest absolute Gasteiger partial charge is 0.336 e. The summed E-state index contributed by atoms with van der Waals surface area (Å²) < 4.78 is 11.0. The quantitative estimate of drug-likeness (QED) is 0.490. The first-order valence-corrected chi connectivity index (χ1v) is 8.33. The van der Waals surface area contributed by atoms with E-state index in [1.165, 1.54) is 18.2 Å². The van der Waals surface area contributed by atoms with Crippen LogP contribution in [0.3, 0.4) is 0 Å². The fraction of sp³-hybridized carbons (Fsp3) is 0.0526. The van der Waals surface area contributed by atoms with Crippen LogP contribution in [-0.2, 0) is 0 Å². The van der Waals surface area contributed by atoms with E-state index in [2.05, 4.69) is 4.98 Å². The molecule has 2 aromatic heterocycles. The molecule has 4 rings (SSSR count). The summed E-state index contributed by atoms with van der Waals surface area (Å²) in [6.45, 7) is 0. The maximum Gasteiger partial charge on any atom is 0.336 e. The van der Waals surface area contributed by atoms with E-state index in [9.17, 15) is 9.90 Å². The second kappa shape index (κ2) is 6.20. The van der Waals surface area contributed by atoms with Crippen LogP contribution in [0, 0.1) is 0 Å². The predicted molar refractivity (Wildman–Crippen MR) is 100 cm³/mol. The molecule has 0 fully saturated rings. The van der Waals surface area contributed by atoms with Gasteiger partial charge in [-0.1, -0.05) is 23.2 Å². The van der Waals surface area contributed by atoms with Crippen molar-refractivity contribution in [3.05, 3.63) is 58.1 Å². The molecule has 0 aliphatic carbocycles. The maximum absolute atomic E-state index is 11.7. The number of hydrogen-bond acceptors (Lipinski definition) is 4. The van der Waals surface area contributed by atoms with Crippen LogP contribution in [0.25, 0.3) is 33.3 Å². The van der Waals surface area contributed by atoms with Gasteiger partial charge in [-0.15, -0.1) is 0 Å². The topological polar surface area (TPSA) is 72.6 Å². The van der Waals surface area contributed by atoms with Crippen molar-refractivity contribution in [2.45, 2.75) is 0 Å². The van der Waals surface area contributed by atoms with Crippen molar-refractivity contribution in [3.63, 3.8) is 0 Å². The van der Waals surface area contributed by atoms with Gasteiger partial charge in [-0.3, -0.25) is 0 Å². The van der Waals surface area contributed by atoms with Gasteiger partial charge < -0.3 is 14.3 Å². The van der Waals surface area contributed by atoms with Gasteiger partial charge in [-0.2, -0.15) is 0 Å². The second-order valence-corrected chi connectivity index (χ2v) is 6.50. The molecule has 5 nitrogen and oxygen atoms in total. The van der Waals surface area contributed by atoms with Crippen molar-refractivity contribution < 1.29 is 19.1 Å². The molecule has 2 aromatic carbocycles. The summed E-state index contributed by atoms with van der Waals surface area (Å²) >= 11 is 12.2. The number of rotatable bonds is 3. The molecule has 0 spiro atoms. The third-order valence-corrected chi connectivity index (χ3v) is 4.55. The fourth-order valence-electron chi connectivity index (χ4n) is 2.82. The maximum atomic E-state index is 11.7. The molecule has 0 unspecified atom stereocenters. The average molecular weight is 388 g/mol. The number of nitrogens with zero attached hydrogens (tertiary/aromatic N) is 1. The number of fused-ring (bicyclic) bond motifs is 2. The van der Waals surface area contributed by atoms with E-state index in [4.69, 9.17) is 32.4 Å². The van der Waals surface area contributed by atoms with Gasteiger partial charge in [0.1, 0.15) is 17.0 Å². The molecule has 26 heavy (non-hydrogen) atoms. The SMILES string of the molecule is COc1ccc2cc(-c3cc(C(=O)O)c4cc(Cl)cc(Cl)c4n3)oc2c1. The van der Waals surface area contributed by atoms with Crippen molar-refractivity contribution in [2.75, 3.05) is 7.11 Å². The zero-order valence-electron chi connectivity index (χ0n) is 13.4. The largest absolute Gasteiger partial charge is 0.497 e. The van der Waals surface area contributed by atoms with Crippen LogP contribution < -0.4 is 4.74 Å². The van der Waals surface area contributed by atoms with Crippen molar-refractivity contribution in [1.82, 2.24) is 4.98 Å². The number of hydrogen-bond donors (Lipinski definition) is 1. The summed E-state index contributed by atoms with van der Waals surface area (Å²) in [5.41, 5.74) is 1.38. The van der Waals surface area contributed by atoms with Crippen LogP contribution in [0.2, 0.25) is 10.0 Å². The molecule has 0 radical (unpaired) electrons. The van der Waals surface area contributed by atoms with Gasteiger partial charge in [0.2, 0.25) is 0 Å². The van der Waals surface area contributed by atoms with E-state index in [-0.39, 0.29) is 10.6 Å². The van der Waals surface area contributed by atoms with Gasteiger partial charge in [0.15, 0.2) is 5.76 Å². The van der Waals surface area contributed by atoms with E-state index in [0.29, 0.717) is 38.7 Å². The standard InChI is InChI=1S/C19H11Cl2NO4/c1-25-11-3-2-9-4-17(26-16(9)7-11)15-8-13(19(23)24)12-5-10(20)6-14(21)18(12)22-15/h2-8H,1H3,(H,23,24). The summed E-state index contributed by atoms with van der Waals surface area (Å²) in [6, 6.07) is 11.7. The summed E-state index contributed by atoms with van der Waals surface area (Å²) in [6.07, 6.45) is 0. The van der Waals surface area contributed by atoms with Crippen LogP contribution in [0.1, 0.15) is 10.4 Å². The first-order chi connectivity index (χ1) is 12.5. The molecule has 2 heterocycles. The van der Waals surface area contributed by atoms with Crippen LogP contribution in [0.4, 0.5) is 0 Å². The van der Waals surface area contributed by atoms with Crippen LogP contribution in [0.5, 0.6) is 5.75 Å². The van der Waals surface area contributed by atoms with Crippen molar-refractivity contribution in [1.29, 1.82) is 0 Å². The molecule has 0 atom stereocenters. The lowest BCUT2D eigenvalue weighted by Crippen LogP contribution is -2.00. The Balaban J connectivity index is 1.98. The molecule has 0 bridgehead atoms. The molecule has 0 amide bonds. The average Bonchev–Trinajstić information content (AvgIpc) is 3.03. The number of halogens is 2. The highest BCUT2D eigenvalue weighted by Crippen LogP contribution is 2.34. The van der Waals surface area contributed by atoms with E-state index >= 15 is 0 Å². The van der Waals surface area contributed by atoms with Gasteiger partial charge in [-0.05, 0) is 36.4 Å². The van der Waals surface area contributed by atoms with Crippen molar-refractivity contribution in [3.8, 4) is 17.2 Å². The van der Waals surface area contributed by atoms with Gasteiger partial charge in [0, 0.05) is 21.9 Å². The number of carboxylic acids is 1. The Bertz CT molecular complexity index is 1180. The van der Waals surface area contributed by atoms with E-state index in [1.54, 1.807) is 19.2 Å². The summed E-state index contributed by atoms with van der Waals surface area (Å²) in [5.74, 6) is -0.00721. The zero-order valence-corrected chi connectivity index (χ0v) is 14.9. The van der Waals surface area contributed by atoms with Gasteiger partial charge in [-0.25, -0.2) is 9.78 Å². The predicted octanol–water partition coefficient (Wildman–Crippen LogP) is 5.66. The Hall–Kier alpha value is -2.76. The molecule has 0 saturated carbocycles. The Morgan fingerprint density at radius 3 is 2.69 bits per heavy atom. The summed E-state index contributed by atoms with van der Waals surface area (Å²) in [5, 5.41) is 11.4. The first kappa shape index (κ1) is 16.7. The molecule has 130 valence electrons. The van der Waals surface area contributed by atoms with Crippen LogP contribution in [0.15, 0.2) is 46.9 Å². The molecular formula is C19H11Cl2NO4. The Labute approximate surface area is 157 Å². The highest BCUT2D eigenvalue weighted by atomic mass is 35.5. The molecular weight excluding hydrogens is 377 g/mol. The van der Waals surface area contributed by atoms with E-state index in [0.717, 1.165) is 5.39 Å². The second-order valence-electron chi connectivity index (χ2n) is 5.66. The number of furan rings is 1. The minimum atomic E-state index is -1.10. The lowest BCUT2D eigenvalue weighted by Gasteiger charge is -2.07. The third kappa shape index (κ3) is 2.75. The third-order valence-electron chi connectivity index (χ3n) is 4.04. The number of ether oxygens (including phenoxy) is 1. The van der Waals surface area contributed by atoms with Gasteiger partial charge in [0.25, 0.3) is 0 Å². The Kier molecular flexibility index (Phi) is 3.98. The number of carboxylic acid groups (broad SMARTS) is 1. The lowest BCUT2D eigenvalue weighted by molar-refractivity contribution is 0.0699. The lowest BCUT2D eigenvalue weighted by atomic mass is 10.1. The molecule has 0 aliphatic heterocycles. The summed E-state index contributed by atoms with van der Waals surface area (Å²) in [4.78, 5) is 16.2. The highest BCUT2D eigenvalue weighted by molar-refractivity contribution is 6.38. The number of benzene rings is 2. The minimum Gasteiger partial charge on any atom is -0.497 e. The molecule has 7 heteroatoms. The van der Waals surface area contributed by atoms with E-state index < -0.39 is 5.97 Å². The van der Waals surface area contributed by atoms with Crippen molar-refractivity contribution >= 4 is 51.0 Å². The van der Waals surface area contributed by atoms with Crippen LogP contribution >= 0.6 is 23.2 Å². The number of carbonyl (C=O) groups is 1. The number of methoxy groups -OCH3 is 1. The Morgan fingerprint density at radius 1 is 1.15 bits per heavy atom. The number of aromatic nitrogens is 1. The normalized spacial score (nSPS) is 11.2. The van der Waals surface area contributed by atoms with Crippen molar-refractivity contribution in [2.24, 2.45) is 0 Å². The Morgan fingerprint density at radius 2 is 1.96 bits per heavy atom. The molecule has 0 saturated heterocycles. The first-order valence-electron chi connectivity index (χ1n) is 7.57. The minimum absolute atomic E-state index is 0.0486. The summed E-state index contributed by atoms with van der Waals surface area (Å²) in [7, 11) is 1.57. The number of aromatic carboxylic acids is 1. The van der Waals surface area contributed by atoms with E-state index in [1.807, 2.05) is 12.1 Å². The monoisotopic (exact) mass is 387 g/mol. The van der Waals surface area contributed by atoms with Gasteiger partial charge in [0.05, 0.1) is 23.2 Å². The molecule has 0 aliphatic rings. The molecule has 1 N–H and O–H groups in total.